The minimum atomic E-state index is -4.10. The Balaban J connectivity index is 1.68. The van der Waals surface area contributed by atoms with E-state index in [1.807, 2.05) is 31.2 Å². The number of sulfonamides is 1. The molecule has 0 aliphatic heterocycles. The van der Waals surface area contributed by atoms with E-state index in [2.05, 4.69) is 37.2 Å². The minimum Gasteiger partial charge on any atom is -0.352 e. The molecular formula is C30H33Br2N3O4S. The van der Waals surface area contributed by atoms with E-state index in [1.165, 1.54) is 17.0 Å². The first-order valence-corrected chi connectivity index (χ1v) is 16.3. The van der Waals surface area contributed by atoms with E-state index in [4.69, 9.17) is 0 Å². The Labute approximate surface area is 253 Å². The highest BCUT2D eigenvalue weighted by molar-refractivity contribution is 9.10. The third kappa shape index (κ3) is 7.53. The van der Waals surface area contributed by atoms with Crippen LogP contribution in [0.3, 0.4) is 0 Å². The highest BCUT2D eigenvalue weighted by Gasteiger charge is 2.33. The van der Waals surface area contributed by atoms with Crippen LogP contribution in [0.2, 0.25) is 0 Å². The van der Waals surface area contributed by atoms with E-state index in [1.54, 1.807) is 43.3 Å². The first kappa shape index (κ1) is 30.3. The molecule has 1 fully saturated rings. The lowest BCUT2D eigenvalue weighted by Gasteiger charge is -2.32. The molecule has 1 aliphatic rings. The standard InChI is InChI=1S/C30H33Br2N3O4S/c1-21-10-16-28(17-11-21)40(38,39)35(27-9-5-6-25(32)18-27)20-29(36)34(19-23-12-14-24(31)15-13-23)22(2)30(37)33-26-7-3-4-8-26/h5-6,9-18,22,26H,3-4,7-8,19-20H2,1-2H3,(H,33,37)/t22-/m1/s1. The number of aryl methyl sites for hydroxylation is 1. The van der Waals surface area contributed by atoms with Crippen molar-refractivity contribution in [1.82, 2.24) is 10.2 Å². The Morgan fingerprint density at radius 1 is 0.950 bits per heavy atom. The summed E-state index contributed by atoms with van der Waals surface area (Å²) >= 11 is 6.85. The molecule has 10 heteroatoms. The van der Waals surface area contributed by atoms with Gasteiger partial charge in [0.2, 0.25) is 11.8 Å². The lowest BCUT2D eigenvalue weighted by Crippen LogP contribution is -2.52. The summed E-state index contributed by atoms with van der Waals surface area (Å²) in [6.45, 7) is 3.26. The van der Waals surface area contributed by atoms with Gasteiger partial charge in [-0.2, -0.15) is 0 Å². The fourth-order valence-electron chi connectivity index (χ4n) is 4.76. The Morgan fingerprint density at radius 2 is 1.60 bits per heavy atom. The van der Waals surface area contributed by atoms with Crippen molar-refractivity contribution in [3.8, 4) is 0 Å². The van der Waals surface area contributed by atoms with E-state index >= 15 is 0 Å². The lowest BCUT2D eigenvalue weighted by molar-refractivity contribution is -0.139. The van der Waals surface area contributed by atoms with Gasteiger partial charge in [-0.3, -0.25) is 13.9 Å². The number of carbonyl (C=O) groups is 2. The third-order valence-corrected chi connectivity index (χ3v) is 9.93. The molecule has 1 N–H and O–H groups in total. The van der Waals surface area contributed by atoms with Gasteiger partial charge < -0.3 is 10.2 Å². The van der Waals surface area contributed by atoms with Gasteiger partial charge in [-0.15, -0.1) is 0 Å². The molecule has 1 saturated carbocycles. The van der Waals surface area contributed by atoms with Crippen molar-refractivity contribution >= 4 is 59.4 Å². The summed E-state index contributed by atoms with van der Waals surface area (Å²) in [5.41, 5.74) is 2.09. The van der Waals surface area contributed by atoms with Crippen LogP contribution in [0.25, 0.3) is 0 Å². The number of rotatable bonds is 10. The number of nitrogens with one attached hydrogen (secondary N) is 1. The SMILES string of the molecule is Cc1ccc(S(=O)(=O)N(CC(=O)N(Cc2ccc(Br)cc2)[C@H](C)C(=O)NC2CCCC2)c2cccc(Br)c2)cc1. The van der Waals surface area contributed by atoms with Crippen LogP contribution < -0.4 is 9.62 Å². The van der Waals surface area contributed by atoms with Gasteiger partial charge in [-0.25, -0.2) is 8.42 Å². The van der Waals surface area contributed by atoms with Crippen molar-refractivity contribution in [3.05, 3.63) is 92.9 Å². The number of anilines is 1. The lowest BCUT2D eigenvalue weighted by atomic mass is 10.1. The highest BCUT2D eigenvalue weighted by Crippen LogP contribution is 2.27. The summed E-state index contributed by atoms with van der Waals surface area (Å²) < 4.78 is 30.5. The zero-order chi connectivity index (χ0) is 28.9. The van der Waals surface area contributed by atoms with Crippen LogP contribution in [0, 0.1) is 6.92 Å². The molecule has 212 valence electrons. The summed E-state index contributed by atoms with van der Waals surface area (Å²) in [6.07, 6.45) is 3.98. The van der Waals surface area contributed by atoms with Gasteiger partial charge in [0.05, 0.1) is 10.6 Å². The maximum Gasteiger partial charge on any atom is 0.264 e. The second kappa shape index (κ2) is 13.3. The van der Waals surface area contributed by atoms with Crippen molar-refractivity contribution in [2.24, 2.45) is 0 Å². The van der Waals surface area contributed by atoms with Crippen molar-refractivity contribution in [2.75, 3.05) is 10.8 Å². The molecule has 40 heavy (non-hydrogen) atoms. The number of amides is 2. The van der Waals surface area contributed by atoms with Crippen LogP contribution in [0.4, 0.5) is 5.69 Å². The van der Waals surface area contributed by atoms with E-state index in [0.717, 1.165) is 45.6 Å². The Bertz CT molecular complexity index is 1440. The van der Waals surface area contributed by atoms with Crippen LogP contribution in [0.5, 0.6) is 0 Å². The average molecular weight is 691 g/mol. The van der Waals surface area contributed by atoms with E-state index in [0.29, 0.717) is 10.2 Å². The molecule has 7 nitrogen and oxygen atoms in total. The molecule has 3 aromatic carbocycles. The van der Waals surface area contributed by atoms with Gasteiger partial charge in [-0.05, 0) is 74.7 Å². The normalized spacial score (nSPS) is 14.5. The first-order chi connectivity index (χ1) is 19.0. The van der Waals surface area contributed by atoms with Gasteiger partial charge in [0.1, 0.15) is 12.6 Å². The molecule has 1 aliphatic carbocycles. The van der Waals surface area contributed by atoms with E-state index in [-0.39, 0.29) is 23.4 Å². The molecule has 1 atom stereocenters. The Kier molecular flexibility index (Phi) is 10.1. The molecule has 3 aromatic rings. The van der Waals surface area contributed by atoms with Gasteiger partial charge in [0, 0.05) is 21.5 Å². The van der Waals surface area contributed by atoms with Crippen LogP contribution >= 0.6 is 31.9 Å². The molecular weight excluding hydrogens is 658 g/mol. The second-order valence-electron chi connectivity index (χ2n) is 10.1. The third-order valence-electron chi connectivity index (χ3n) is 7.12. The number of nitrogens with zero attached hydrogens (tertiary/aromatic N) is 2. The summed E-state index contributed by atoms with van der Waals surface area (Å²) in [5, 5.41) is 3.08. The fourth-order valence-corrected chi connectivity index (χ4v) is 6.82. The zero-order valence-electron chi connectivity index (χ0n) is 22.5. The molecule has 2 amide bonds. The molecule has 0 aromatic heterocycles. The summed E-state index contributed by atoms with van der Waals surface area (Å²) in [4.78, 5) is 28.8. The van der Waals surface area contributed by atoms with Crippen LogP contribution in [0.1, 0.15) is 43.7 Å². The molecule has 0 unspecified atom stereocenters. The van der Waals surface area contributed by atoms with Crippen molar-refractivity contribution in [2.45, 2.75) is 63.1 Å². The number of hydrogen-bond donors (Lipinski definition) is 1. The van der Waals surface area contributed by atoms with Crippen molar-refractivity contribution in [3.63, 3.8) is 0 Å². The van der Waals surface area contributed by atoms with Crippen molar-refractivity contribution < 1.29 is 18.0 Å². The smallest absolute Gasteiger partial charge is 0.264 e. The van der Waals surface area contributed by atoms with Crippen molar-refractivity contribution in [1.29, 1.82) is 0 Å². The Hall–Kier alpha value is -2.69. The topological polar surface area (TPSA) is 86.8 Å². The van der Waals surface area contributed by atoms with Gasteiger partial charge >= 0.3 is 0 Å². The van der Waals surface area contributed by atoms with Gasteiger partial charge in [0.15, 0.2) is 0 Å². The summed E-state index contributed by atoms with van der Waals surface area (Å²) in [5.74, 6) is -0.722. The highest BCUT2D eigenvalue weighted by atomic mass is 79.9. The predicted octanol–water partition coefficient (Wildman–Crippen LogP) is 6.19. The molecule has 0 saturated heterocycles. The maximum absolute atomic E-state index is 14.0. The maximum atomic E-state index is 14.0. The number of benzene rings is 3. The molecule has 0 heterocycles. The largest absolute Gasteiger partial charge is 0.352 e. The second-order valence-corrected chi connectivity index (χ2v) is 13.8. The summed E-state index contributed by atoms with van der Waals surface area (Å²) in [7, 11) is -4.10. The van der Waals surface area contributed by atoms with Gasteiger partial charge in [0.25, 0.3) is 10.0 Å². The molecule has 0 bridgehead atoms. The van der Waals surface area contributed by atoms with Gasteiger partial charge in [-0.1, -0.05) is 80.6 Å². The predicted molar refractivity (Wildman–Crippen MR) is 164 cm³/mol. The van der Waals surface area contributed by atoms with E-state index in [9.17, 15) is 18.0 Å². The number of hydrogen-bond acceptors (Lipinski definition) is 4. The minimum absolute atomic E-state index is 0.0809. The summed E-state index contributed by atoms with van der Waals surface area (Å²) in [6, 6.07) is 20.1. The van der Waals surface area contributed by atoms with Crippen LogP contribution in [-0.2, 0) is 26.2 Å². The number of halogens is 2. The molecule has 0 spiro atoms. The average Bonchev–Trinajstić information content (AvgIpc) is 3.44. The monoisotopic (exact) mass is 689 g/mol. The van der Waals surface area contributed by atoms with Crippen LogP contribution in [0.15, 0.2) is 86.6 Å². The van der Waals surface area contributed by atoms with E-state index < -0.39 is 28.5 Å². The molecule has 4 rings (SSSR count). The fraction of sp³-hybridized carbons (Fsp3) is 0.333. The first-order valence-electron chi connectivity index (χ1n) is 13.2. The number of carbonyl (C=O) groups excluding carboxylic acids is 2. The quantitative estimate of drug-likeness (QED) is 0.275. The van der Waals surface area contributed by atoms with Crippen LogP contribution in [-0.4, -0.2) is 43.8 Å². The zero-order valence-corrected chi connectivity index (χ0v) is 26.5. The Morgan fingerprint density at radius 3 is 2.23 bits per heavy atom. The molecule has 0 radical (unpaired) electrons.